The van der Waals surface area contributed by atoms with E-state index in [2.05, 4.69) is 10.2 Å². The summed E-state index contributed by atoms with van der Waals surface area (Å²) in [6, 6.07) is 7.96. The number of likely N-dealkylation sites (N-methyl/N-ethyl adjacent to an activating group) is 1. The van der Waals surface area contributed by atoms with Gasteiger partial charge in [0.15, 0.2) is 0 Å². The van der Waals surface area contributed by atoms with Crippen molar-refractivity contribution in [3.05, 3.63) is 29.8 Å². The summed E-state index contributed by atoms with van der Waals surface area (Å²) in [6.07, 6.45) is 0. The van der Waals surface area contributed by atoms with E-state index < -0.39 is 10.0 Å². The maximum atomic E-state index is 10.9. The Bertz CT molecular complexity index is 517. The molecule has 1 aromatic rings. The Morgan fingerprint density at radius 2 is 2.10 bits per heavy atom. The smallest absolute Gasteiger partial charge is 0.210 e. The van der Waals surface area contributed by atoms with Crippen molar-refractivity contribution in [1.82, 2.24) is 10.2 Å². The third kappa shape index (κ3) is 5.87. The molecule has 0 aliphatic carbocycles. The minimum atomic E-state index is -3.41. The fourth-order valence-corrected chi connectivity index (χ4v) is 2.33. The zero-order chi connectivity index (χ0) is 15.2. The largest absolute Gasteiger partial charge is 0.497 e. The van der Waals surface area contributed by atoms with Crippen LogP contribution in [0, 0.1) is 0 Å². The van der Waals surface area contributed by atoms with Gasteiger partial charge in [0.2, 0.25) is 10.0 Å². The van der Waals surface area contributed by atoms with Crippen LogP contribution in [0.5, 0.6) is 5.75 Å². The summed E-state index contributed by atoms with van der Waals surface area (Å²) in [5.74, 6) is 0.740. The van der Waals surface area contributed by atoms with Gasteiger partial charge in [-0.2, -0.15) is 0 Å². The van der Waals surface area contributed by atoms with Gasteiger partial charge < -0.3 is 15.0 Å². The maximum Gasteiger partial charge on any atom is 0.210 e. The lowest BCUT2D eigenvalue weighted by molar-refractivity contribution is 0.289. The van der Waals surface area contributed by atoms with E-state index in [4.69, 9.17) is 9.88 Å². The molecule has 20 heavy (non-hydrogen) atoms. The average molecular weight is 301 g/mol. The van der Waals surface area contributed by atoms with Crippen molar-refractivity contribution in [3.63, 3.8) is 0 Å². The zero-order valence-electron chi connectivity index (χ0n) is 12.2. The molecule has 0 saturated heterocycles. The van der Waals surface area contributed by atoms with Crippen LogP contribution in [0.4, 0.5) is 0 Å². The molecule has 114 valence electrons. The molecule has 0 aliphatic rings. The quantitative estimate of drug-likeness (QED) is 0.669. The van der Waals surface area contributed by atoms with E-state index in [9.17, 15) is 8.42 Å². The van der Waals surface area contributed by atoms with E-state index in [0.29, 0.717) is 13.1 Å². The van der Waals surface area contributed by atoms with Gasteiger partial charge in [-0.15, -0.1) is 0 Å². The second kappa shape index (κ2) is 7.58. The van der Waals surface area contributed by atoms with Gasteiger partial charge in [0.1, 0.15) is 5.75 Å². The molecule has 0 aliphatic heterocycles. The normalized spacial score (nSPS) is 13.4. The van der Waals surface area contributed by atoms with Crippen LogP contribution in [0.2, 0.25) is 0 Å². The number of primary sulfonamides is 1. The summed E-state index contributed by atoms with van der Waals surface area (Å²) in [5, 5.41) is 8.08. The fraction of sp³-hybridized carbons (Fsp3) is 0.538. The number of rotatable bonds is 8. The zero-order valence-corrected chi connectivity index (χ0v) is 13.0. The SMILES string of the molecule is COc1cccc(C(CNCCS(N)(=O)=O)N(C)C)c1. The van der Waals surface area contributed by atoms with Crippen LogP contribution < -0.4 is 15.2 Å². The van der Waals surface area contributed by atoms with E-state index in [-0.39, 0.29) is 11.8 Å². The number of nitrogens with one attached hydrogen (secondary N) is 1. The predicted molar refractivity (Wildman–Crippen MR) is 80.3 cm³/mol. The summed E-state index contributed by atoms with van der Waals surface area (Å²) in [5.41, 5.74) is 1.11. The van der Waals surface area contributed by atoms with Crippen LogP contribution in [-0.2, 0) is 10.0 Å². The van der Waals surface area contributed by atoms with E-state index in [1.807, 2.05) is 38.4 Å². The van der Waals surface area contributed by atoms with Gasteiger partial charge in [0, 0.05) is 19.1 Å². The number of methoxy groups -OCH3 is 1. The number of nitrogens with two attached hydrogens (primary N) is 1. The summed E-state index contributed by atoms with van der Waals surface area (Å²) in [4.78, 5) is 2.07. The first-order chi connectivity index (χ1) is 9.33. The number of sulfonamides is 1. The molecule has 1 atom stereocenters. The maximum absolute atomic E-state index is 10.9. The molecule has 1 aromatic carbocycles. The molecule has 0 radical (unpaired) electrons. The lowest BCUT2D eigenvalue weighted by atomic mass is 10.1. The highest BCUT2D eigenvalue weighted by molar-refractivity contribution is 7.89. The van der Waals surface area contributed by atoms with Crippen LogP contribution in [0.3, 0.4) is 0 Å². The molecule has 0 fully saturated rings. The van der Waals surface area contributed by atoms with Crippen molar-refractivity contribution in [2.75, 3.05) is 40.0 Å². The molecule has 6 nitrogen and oxygen atoms in total. The summed E-state index contributed by atoms with van der Waals surface area (Å²) >= 11 is 0. The van der Waals surface area contributed by atoms with Crippen LogP contribution in [0.15, 0.2) is 24.3 Å². The summed E-state index contributed by atoms with van der Waals surface area (Å²) in [7, 11) is 2.17. The van der Waals surface area contributed by atoms with Gasteiger partial charge in [0.05, 0.1) is 12.9 Å². The first kappa shape index (κ1) is 16.9. The number of nitrogens with zero attached hydrogens (tertiary/aromatic N) is 1. The number of hydrogen-bond acceptors (Lipinski definition) is 5. The Morgan fingerprint density at radius 1 is 1.40 bits per heavy atom. The molecule has 0 aromatic heterocycles. The highest BCUT2D eigenvalue weighted by Crippen LogP contribution is 2.21. The molecule has 1 unspecified atom stereocenters. The van der Waals surface area contributed by atoms with Crippen molar-refractivity contribution >= 4 is 10.0 Å². The number of benzene rings is 1. The molecule has 0 amide bonds. The van der Waals surface area contributed by atoms with Gasteiger partial charge in [-0.1, -0.05) is 12.1 Å². The first-order valence-electron chi connectivity index (χ1n) is 6.35. The predicted octanol–water partition coefficient (Wildman–Crippen LogP) is 0.176. The van der Waals surface area contributed by atoms with Crippen molar-refractivity contribution in [3.8, 4) is 5.75 Å². The average Bonchev–Trinajstić information content (AvgIpc) is 2.37. The Balaban J connectivity index is 2.64. The molecular weight excluding hydrogens is 278 g/mol. The van der Waals surface area contributed by atoms with Crippen molar-refractivity contribution < 1.29 is 13.2 Å². The molecule has 1 rings (SSSR count). The van der Waals surface area contributed by atoms with Crippen molar-refractivity contribution in [1.29, 1.82) is 0 Å². The Kier molecular flexibility index (Phi) is 6.41. The Hall–Kier alpha value is -1.15. The van der Waals surface area contributed by atoms with E-state index in [1.165, 1.54) is 0 Å². The second-order valence-corrected chi connectivity index (χ2v) is 6.56. The highest BCUT2D eigenvalue weighted by atomic mass is 32.2. The minimum Gasteiger partial charge on any atom is -0.497 e. The molecule has 0 heterocycles. The minimum absolute atomic E-state index is 0.0642. The number of ether oxygens (including phenoxy) is 1. The molecular formula is C13H23N3O3S. The van der Waals surface area contributed by atoms with E-state index >= 15 is 0 Å². The van der Waals surface area contributed by atoms with Crippen LogP contribution in [0.25, 0.3) is 0 Å². The van der Waals surface area contributed by atoms with Gasteiger partial charge in [-0.3, -0.25) is 0 Å². The standard InChI is InChI=1S/C13H23N3O3S/c1-16(2)13(10-15-7-8-20(14,17)18)11-5-4-6-12(9-11)19-3/h4-6,9,13,15H,7-8,10H2,1-3H3,(H2,14,17,18). The second-order valence-electron chi connectivity index (χ2n) is 4.83. The topological polar surface area (TPSA) is 84.7 Å². The van der Waals surface area contributed by atoms with E-state index in [1.54, 1.807) is 7.11 Å². The lowest BCUT2D eigenvalue weighted by Gasteiger charge is -2.25. The van der Waals surface area contributed by atoms with Gasteiger partial charge in [0.25, 0.3) is 0 Å². The molecule has 3 N–H and O–H groups in total. The third-order valence-corrected chi connectivity index (χ3v) is 3.78. The van der Waals surface area contributed by atoms with Crippen molar-refractivity contribution in [2.24, 2.45) is 5.14 Å². The van der Waals surface area contributed by atoms with Crippen LogP contribution in [-0.4, -0.2) is 53.4 Å². The molecule has 0 bridgehead atoms. The van der Waals surface area contributed by atoms with Gasteiger partial charge in [-0.25, -0.2) is 13.6 Å². The Labute approximate surface area is 121 Å². The van der Waals surface area contributed by atoms with Crippen LogP contribution >= 0.6 is 0 Å². The monoisotopic (exact) mass is 301 g/mol. The Morgan fingerprint density at radius 3 is 2.65 bits per heavy atom. The van der Waals surface area contributed by atoms with Crippen LogP contribution in [0.1, 0.15) is 11.6 Å². The molecule has 0 saturated carbocycles. The third-order valence-electron chi connectivity index (χ3n) is 3.00. The summed E-state index contributed by atoms with van der Waals surface area (Å²) < 4.78 is 27.0. The highest BCUT2D eigenvalue weighted by Gasteiger charge is 2.14. The summed E-state index contributed by atoms with van der Waals surface area (Å²) in [6.45, 7) is 0.975. The molecule has 7 heteroatoms. The molecule has 0 spiro atoms. The van der Waals surface area contributed by atoms with Gasteiger partial charge in [-0.05, 0) is 31.8 Å². The van der Waals surface area contributed by atoms with E-state index in [0.717, 1.165) is 11.3 Å². The van der Waals surface area contributed by atoms with Crippen molar-refractivity contribution in [2.45, 2.75) is 6.04 Å². The first-order valence-corrected chi connectivity index (χ1v) is 8.06. The fourth-order valence-electron chi connectivity index (χ4n) is 1.90. The number of hydrogen-bond donors (Lipinski definition) is 2. The van der Waals surface area contributed by atoms with Gasteiger partial charge >= 0.3 is 0 Å². The lowest BCUT2D eigenvalue weighted by Crippen LogP contribution is -2.34.